The summed E-state index contributed by atoms with van der Waals surface area (Å²) in [7, 11) is 0. The molecule has 0 atom stereocenters. The second-order valence-electron chi connectivity index (χ2n) is 8.13. The third kappa shape index (κ3) is 3.01. The number of aryl methyl sites for hydroxylation is 2. The number of nitrogens with zero attached hydrogens (tertiary/aromatic N) is 3. The summed E-state index contributed by atoms with van der Waals surface area (Å²) in [6, 6.07) is 5.92. The Morgan fingerprint density at radius 2 is 1.96 bits per heavy atom. The van der Waals surface area contributed by atoms with E-state index in [2.05, 4.69) is 29.2 Å². The number of hydrogen-bond acceptors (Lipinski definition) is 4. The number of carbonyl (C=O) groups excluding carboxylic acids is 2. The molecule has 0 saturated carbocycles. The summed E-state index contributed by atoms with van der Waals surface area (Å²) in [5.74, 6) is -0.180. The first-order valence-corrected chi connectivity index (χ1v) is 9.03. The number of nitrogens with one attached hydrogen (secondary N) is 1. The summed E-state index contributed by atoms with van der Waals surface area (Å²) in [4.78, 5) is 29.7. The summed E-state index contributed by atoms with van der Waals surface area (Å²) in [6.07, 6.45) is 4.31. The van der Waals surface area contributed by atoms with E-state index in [0.29, 0.717) is 29.6 Å². The van der Waals surface area contributed by atoms with Crippen molar-refractivity contribution in [3.8, 4) is 0 Å². The highest BCUT2D eigenvalue weighted by Gasteiger charge is 2.33. The summed E-state index contributed by atoms with van der Waals surface area (Å²) in [5.41, 5.74) is 5.00. The Morgan fingerprint density at radius 3 is 2.74 bits per heavy atom. The summed E-state index contributed by atoms with van der Waals surface area (Å²) in [5, 5.41) is 7.33. The lowest BCUT2D eigenvalue weighted by atomic mass is 9.76. The van der Waals surface area contributed by atoms with Gasteiger partial charge in [-0.1, -0.05) is 26.0 Å². The quantitative estimate of drug-likeness (QED) is 0.753. The van der Waals surface area contributed by atoms with Crippen LogP contribution in [-0.2, 0) is 6.42 Å². The van der Waals surface area contributed by atoms with Crippen LogP contribution >= 0.6 is 0 Å². The molecule has 1 aliphatic rings. The predicted octanol–water partition coefficient (Wildman–Crippen LogP) is 3.75. The van der Waals surface area contributed by atoms with Crippen LogP contribution in [-0.4, -0.2) is 26.3 Å². The maximum atomic E-state index is 12.8. The van der Waals surface area contributed by atoms with Crippen molar-refractivity contribution in [3.63, 3.8) is 0 Å². The Bertz CT molecular complexity index is 1090. The molecule has 0 fully saturated rings. The van der Waals surface area contributed by atoms with Crippen LogP contribution in [0.25, 0.3) is 5.65 Å². The molecule has 0 unspecified atom stereocenters. The molecule has 1 N–H and O–H groups in total. The van der Waals surface area contributed by atoms with Crippen LogP contribution in [0.2, 0.25) is 0 Å². The highest BCUT2D eigenvalue weighted by molar-refractivity contribution is 6.08. The van der Waals surface area contributed by atoms with Crippen molar-refractivity contribution in [1.82, 2.24) is 14.6 Å². The first-order valence-electron chi connectivity index (χ1n) is 9.03. The highest BCUT2D eigenvalue weighted by Crippen LogP contribution is 2.34. The monoisotopic (exact) mass is 362 g/mol. The van der Waals surface area contributed by atoms with Gasteiger partial charge in [0.2, 0.25) is 0 Å². The molecule has 1 amide bonds. The first kappa shape index (κ1) is 17.4. The van der Waals surface area contributed by atoms with E-state index < -0.39 is 0 Å². The number of aromatic nitrogens is 3. The fourth-order valence-corrected chi connectivity index (χ4v) is 3.65. The van der Waals surface area contributed by atoms with Gasteiger partial charge in [-0.25, -0.2) is 9.50 Å². The van der Waals surface area contributed by atoms with Gasteiger partial charge in [0.15, 0.2) is 11.4 Å². The molecule has 0 bridgehead atoms. The van der Waals surface area contributed by atoms with Gasteiger partial charge < -0.3 is 5.32 Å². The molecule has 4 rings (SSSR count). The molecule has 2 aromatic heterocycles. The van der Waals surface area contributed by atoms with Gasteiger partial charge in [-0.3, -0.25) is 9.59 Å². The predicted molar refractivity (Wildman–Crippen MR) is 103 cm³/mol. The number of ketones is 1. The maximum absolute atomic E-state index is 12.8. The molecule has 6 heteroatoms. The summed E-state index contributed by atoms with van der Waals surface area (Å²) < 4.78 is 1.64. The standard InChI is InChI=1S/C21H22N4O2/c1-12-5-6-13(2)16(7-12)24-20(27)15-11-23-25-17-8-21(3,4)9-18(26)14(17)10-22-19(15)25/h5-7,10-11H,8-9H2,1-4H3,(H,24,27). The number of anilines is 1. The lowest BCUT2D eigenvalue weighted by Gasteiger charge is -2.29. The van der Waals surface area contributed by atoms with Crippen LogP contribution < -0.4 is 5.32 Å². The molecule has 0 saturated heterocycles. The van der Waals surface area contributed by atoms with Crippen molar-refractivity contribution >= 4 is 23.0 Å². The topological polar surface area (TPSA) is 76.4 Å². The van der Waals surface area contributed by atoms with Crippen molar-refractivity contribution in [3.05, 3.63) is 58.5 Å². The van der Waals surface area contributed by atoms with Gasteiger partial charge in [0.05, 0.1) is 17.5 Å². The molecule has 2 heterocycles. The van der Waals surface area contributed by atoms with E-state index in [0.717, 1.165) is 22.5 Å². The SMILES string of the molecule is Cc1ccc(C)c(NC(=O)c2cnn3c4c(cnc23)C(=O)CC(C)(C)C4)c1. The lowest BCUT2D eigenvalue weighted by Crippen LogP contribution is -2.29. The van der Waals surface area contributed by atoms with Crippen LogP contribution in [0.1, 0.15) is 57.8 Å². The normalized spacial score (nSPS) is 15.6. The fourth-order valence-electron chi connectivity index (χ4n) is 3.65. The van der Waals surface area contributed by atoms with Crippen LogP contribution in [0.15, 0.2) is 30.6 Å². The Hall–Kier alpha value is -3.02. The zero-order valence-electron chi connectivity index (χ0n) is 16.0. The largest absolute Gasteiger partial charge is 0.322 e. The molecular formula is C21H22N4O2. The minimum absolute atomic E-state index is 0.0764. The number of hydrogen-bond donors (Lipinski definition) is 1. The van der Waals surface area contributed by atoms with Gasteiger partial charge >= 0.3 is 0 Å². The number of carbonyl (C=O) groups is 2. The molecule has 1 aromatic carbocycles. The second kappa shape index (κ2) is 6.01. The third-order valence-corrected chi connectivity index (χ3v) is 5.10. The van der Waals surface area contributed by atoms with Crippen LogP contribution in [0.4, 0.5) is 5.69 Å². The molecule has 0 spiro atoms. The van der Waals surface area contributed by atoms with E-state index in [4.69, 9.17) is 0 Å². The van der Waals surface area contributed by atoms with Gasteiger partial charge in [-0.15, -0.1) is 0 Å². The number of fused-ring (bicyclic) bond motifs is 3. The van der Waals surface area contributed by atoms with E-state index in [1.165, 1.54) is 6.20 Å². The van der Waals surface area contributed by atoms with E-state index in [-0.39, 0.29) is 17.1 Å². The molecule has 0 radical (unpaired) electrons. The average molecular weight is 362 g/mol. The molecule has 138 valence electrons. The van der Waals surface area contributed by atoms with E-state index >= 15 is 0 Å². The zero-order chi connectivity index (χ0) is 19.3. The van der Waals surface area contributed by atoms with Crippen molar-refractivity contribution in [1.29, 1.82) is 0 Å². The molecule has 3 aromatic rings. The molecule has 1 aliphatic carbocycles. The number of rotatable bonds is 2. The minimum Gasteiger partial charge on any atom is -0.322 e. The molecular weight excluding hydrogens is 340 g/mol. The van der Waals surface area contributed by atoms with Gasteiger partial charge in [0, 0.05) is 18.3 Å². The average Bonchev–Trinajstić information content (AvgIpc) is 3.02. The Kier molecular flexibility index (Phi) is 3.87. The maximum Gasteiger partial charge on any atom is 0.261 e. The summed E-state index contributed by atoms with van der Waals surface area (Å²) in [6.45, 7) is 8.07. The highest BCUT2D eigenvalue weighted by atomic mass is 16.1. The Balaban J connectivity index is 1.75. The molecule has 27 heavy (non-hydrogen) atoms. The van der Waals surface area contributed by atoms with Crippen LogP contribution in [0, 0.1) is 19.3 Å². The smallest absolute Gasteiger partial charge is 0.261 e. The summed E-state index contributed by atoms with van der Waals surface area (Å²) >= 11 is 0. The van der Waals surface area contributed by atoms with E-state index in [1.54, 1.807) is 10.7 Å². The van der Waals surface area contributed by atoms with E-state index in [1.807, 2.05) is 32.0 Å². The minimum atomic E-state index is -0.257. The zero-order valence-corrected chi connectivity index (χ0v) is 16.0. The number of Topliss-reactive ketones (excluding diaryl/α,β-unsaturated/α-hetero) is 1. The number of amides is 1. The van der Waals surface area contributed by atoms with Crippen molar-refractivity contribution in [2.24, 2.45) is 5.41 Å². The lowest BCUT2D eigenvalue weighted by molar-refractivity contribution is 0.0908. The third-order valence-electron chi connectivity index (χ3n) is 5.10. The van der Waals surface area contributed by atoms with E-state index in [9.17, 15) is 9.59 Å². The van der Waals surface area contributed by atoms with Gasteiger partial charge in [-0.2, -0.15) is 5.10 Å². The molecule has 6 nitrogen and oxygen atoms in total. The Morgan fingerprint density at radius 1 is 1.19 bits per heavy atom. The van der Waals surface area contributed by atoms with Gasteiger partial charge in [0.1, 0.15) is 5.56 Å². The van der Waals surface area contributed by atoms with Gasteiger partial charge in [-0.05, 0) is 42.9 Å². The van der Waals surface area contributed by atoms with Crippen molar-refractivity contribution in [2.45, 2.75) is 40.5 Å². The van der Waals surface area contributed by atoms with Gasteiger partial charge in [0.25, 0.3) is 5.91 Å². The van der Waals surface area contributed by atoms with Crippen molar-refractivity contribution in [2.75, 3.05) is 5.32 Å². The van der Waals surface area contributed by atoms with Crippen molar-refractivity contribution < 1.29 is 9.59 Å². The van der Waals surface area contributed by atoms with Crippen LogP contribution in [0.5, 0.6) is 0 Å². The second-order valence-corrected chi connectivity index (χ2v) is 8.13. The number of benzene rings is 1. The fraction of sp³-hybridized carbons (Fsp3) is 0.333. The Labute approximate surface area is 157 Å². The molecule has 0 aliphatic heterocycles. The first-order chi connectivity index (χ1) is 12.7. The van der Waals surface area contributed by atoms with Crippen LogP contribution in [0.3, 0.4) is 0 Å².